The molecule has 1 saturated carbocycles. The standard InChI is InChI=1S/C25H30N2O3/c1-17(2)12-15-27-21-10-9-19(16-18(21)8-11-23(27)28)26-24(29)25(13-14-25)20-6-4-5-7-22(20)30-3/h4-7,9-10,16-17H,8,11-15H2,1-3H3,(H,26,29). The number of fused-ring (bicyclic) bond motifs is 1. The highest BCUT2D eigenvalue weighted by molar-refractivity contribution is 6.02. The fourth-order valence-electron chi connectivity index (χ4n) is 4.30. The van der Waals surface area contributed by atoms with Gasteiger partial charge in [-0.3, -0.25) is 9.59 Å². The Bertz CT molecular complexity index is 963. The summed E-state index contributed by atoms with van der Waals surface area (Å²) in [6.45, 7) is 5.08. The van der Waals surface area contributed by atoms with Crippen LogP contribution in [-0.2, 0) is 21.4 Å². The van der Waals surface area contributed by atoms with E-state index in [-0.39, 0.29) is 11.8 Å². The van der Waals surface area contributed by atoms with Crippen LogP contribution in [0.5, 0.6) is 5.75 Å². The van der Waals surface area contributed by atoms with Gasteiger partial charge < -0.3 is 15.0 Å². The number of amides is 2. The molecule has 2 aliphatic rings. The molecule has 0 unspecified atom stereocenters. The number of methoxy groups -OCH3 is 1. The van der Waals surface area contributed by atoms with Gasteiger partial charge in [0.25, 0.3) is 0 Å². The fourth-order valence-corrected chi connectivity index (χ4v) is 4.30. The van der Waals surface area contributed by atoms with Crippen LogP contribution in [0.15, 0.2) is 42.5 Å². The minimum Gasteiger partial charge on any atom is -0.496 e. The second-order valence-corrected chi connectivity index (χ2v) is 8.81. The van der Waals surface area contributed by atoms with E-state index in [0.717, 1.165) is 54.1 Å². The van der Waals surface area contributed by atoms with Crippen molar-refractivity contribution in [1.82, 2.24) is 0 Å². The second kappa shape index (κ2) is 8.13. The van der Waals surface area contributed by atoms with E-state index < -0.39 is 5.41 Å². The zero-order valence-corrected chi connectivity index (χ0v) is 18.0. The summed E-state index contributed by atoms with van der Waals surface area (Å²) in [7, 11) is 1.64. The highest BCUT2D eigenvalue weighted by atomic mass is 16.5. The minimum atomic E-state index is -0.512. The number of ether oxygens (including phenoxy) is 1. The van der Waals surface area contributed by atoms with Crippen LogP contribution >= 0.6 is 0 Å². The van der Waals surface area contributed by atoms with Gasteiger partial charge in [0.15, 0.2) is 0 Å². The van der Waals surface area contributed by atoms with Gasteiger partial charge in [0.1, 0.15) is 5.75 Å². The Morgan fingerprint density at radius 2 is 1.93 bits per heavy atom. The van der Waals surface area contributed by atoms with Gasteiger partial charge in [-0.05, 0) is 61.4 Å². The SMILES string of the molecule is COc1ccccc1C1(C(=O)Nc2ccc3c(c2)CCC(=O)N3CCC(C)C)CC1. The van der Waals surface area contributed by atoms with Gasteiger partial charge in [0.05, 0.1) is 12.5 Å². The van der Waals surface area contributed by atoms with Gasteiger partial charge in [0.2, 0.25) is 11.8 Å². The largest absolute Gasteiger partial charge is 0.496 e. The number of carbonyl (C=O) groups is 2. The Balaban J connectivity index is 1.54. The number of para-hydroxylation sites is 1. The normalized spacial score (nSPS) is 16.9. The average Bonchev–Trinajstić information content (AvgIpc) is 3.55. The molecule has 1 aliphatic carbocycles. The van der Waals surface area contributed by atoms with Crippen molar-refractivity contribution in [2.24, 2.45) is 5.92 Å². The molecule has 0 atom stereocenters. The molecule has 0 bridgehead atoms. The lowest BCUT2D eigenvalue weighted by Crippen LogP contribution is -2.36. The van der Waals surface area contributed by atoms with Crippen LogP contribution in [0.25, 0.3) is 0 Å². The number of rotatable bonds is 7. The third kappa shape index (κ3) is 3.81. The Morgan fingerprint density at radius 3 is 2.63 bits per heavy atom. The summed E-state index contributed by atoms with van der Waals surface area (Å²) in [4.78, 5) is 27.5. The van der Waals surface area contributed by atoms with Crippen molar-refractivity contribution in [3.05, 3.63) is 53.6 Å². The number of nitrogens with one attached hydrogen (secondary N) is 1. The molecule has 1 N–H and O–H groups in total. The average molecular weight is 407 g/mol. The quantitative estimate of drug-likeness (QED) is 0.726. The molecule has 1 aliphatic heterocycles. The zero-order valence-electron chi connectivity index (χ0n) is 18.0. The lowest BCUT2D eigenvalue weighted by Gasteiger charge is -2.30. The first kappa shape index (κ1) is 20.5. The Kier molecular flexibility index (Phi) is 5.54. The van der Waals surface area contributed by atoms with E-state index in [1.54, 1.807) is 7.11 Å². The van der Waals surface area contributed by atoms with Crippen LogP contribution in [0.3, 0.4) is 0 Å². The molecule has 0 saturated heterocycles. The van der Waals surface area contributed by atoms with E-state index in [0.29, 0.717) is 18.8 Å². The summed E-state index contributed by atoms with van der Waals surface area (Å²) in [5.74, 6) is 1.50. The molecule has 1 fully saturated rings. The van der Waals surface area contributed by atoms with Gasteiger partial charge >= 0.3 is 0 Å². The summed E-state index contributed by atoms with van der Waals surface area (Å²) in [6, 6.07) is 13.7. The molecule has 0 aromatic heterocycles. The first-order chi connectivity index (χ1) is 14.4. The number of nitrogens with zero attached hydrogens (tertiary/aromatic N) is 1. The van der Waals surface area contributed by atoms with Crippen molar-refractivity contribution in [3.8, 4) is 5.75 Å². The molecule has 5 nitrogen and oxygen atoms in total. The van der Waals surface area contributed by atoms with Crippen LogP contribution in [0.2, 0.25) is 0 Å². The van der Waals surface area contributed by atoms with E-state index in [2.05, 4.69) is 19.2 Å². The van der Waals surface area contributed by atoms with E-state index >= 15 is 0 Å². The molecule has 2 aromatic rings. The number of anilines is 2. The Labute approximate surface area is 178 Å². The van der Waals surface area contributed by atoms with Crippen molar-refractivity contribution in [1.29, 1.82) is 0 Å². The molecule has 4 rings (SSSR count). The van der Waals surface area contributed by atoms with Gasteiger partial charge in [0, 0.05) is 29.9 Å². The molecule has 0 spiro atoms. The Morgan fingerprint density at radius 1 is 1.17 bits per heavy atom. The lowest BCUT2D eigenvalue weighted by atomic mass is 9.93. The molecule has 2 amide bonds. The Hall–Kier alpha value is -2.82. The van der Waals surface area contributed by atoms with Crippen LogP contribution in [-0.4, -0.2) is 25.5 Å². The number of hydrogen-bond acceptors (Lipinski definition) is 3. The van der Waals surface area contributed by atoms with Crippen molar-refractivity contribution in [2.45, 2.75) is 51.4 Å². The van der Waals surface area contributed by atoms with Crippen molar-refractivity contribution in [3.63, 3.8) is 0 Å². The van der Waals surface area contributed by atoms with Crippen molar-refractivity contribution < 1.29 is 14.3 Å². The van der Waals surface area contributed by atoms with Crippen LogP contribution in [0.1, 0.15) is 50.7 Å². The third-order valence-electron chi connectivity index (χ3n) is 6.27. The molecule has 1 heterocycles. The monoisotopic (exact) mass is 406 g/mol. The van der Waals surface area contributed by atoms with Crippen molar-refractivity contribution >= 4 is 23.2 Å². The molecule has 0 radical (unpaired) electrons. The van der Waals surface area contributed by atoms with Gasteiger partial charge in [-0.15, -0.1) is 0 Å². The summed E-state index contributed by atoms with van der Waals surface area (Å²) < 4.78 is 5.49. The van der Waals surface area contributed by atoms with Gasteiger partial charge in [-0.25, -0.2) is 0 Å². The number of aryl methyl sites for hydroxylation is 1. The third-order valence-corrected chi connectivity index (χ3v) is 6.27. The maximum Gasteiger partial charge on any atom is 0.235 e. The molecule has 158 valence electrons. The van der Waals surface area contributed by atoms with E-state index in [9.17, 15) is 9.59 Å². The maximum atomic E-state index is 13.2. The van der Waals surface area contributed by atoms with Gasteiger partial charge in [-0.1, -0.05) is 32.0 Å². The molecular formula is C25H30N2O3. The second-order valence-electron chi connectivity index (χ2n) is 8.81. The summed E-state index contributed by atoms with van der Waals surface area (Å²) >= 11 is 0. The summed E-state index contributed by atoms with van der Waals surface area (Å²) in [5.41, 5.74) is 3.34. The smallest absolute Gasteiger partial charge is 0.235 e. The maximum absolute atomic E-state index is 13.2. The first-order valence-electron chi connectivity index (χ1n) is 10.8. The lowest BCUT2D eigenvalue weighted by molar-refractivity contribution is -0.119. The molecular weight excluding hydrogens is 376 g/mol. The summed E-state index contributed by atoms with van der Waals surface area (Å²) in [5, 5.41) is 3.12. The molecule has 30 heavy (non-hydrogen) atoms. The van der Waals surface area contributed by atoms with E-state index in [1.165, 1.54) is 0 Å². The summed E-state index contributed by atoms with van der Waals surface area (Å²) in [6.07, 6.45) is 3.86. The molecule has 5 heteroatoms. The predicted octanol–water partition coefficient (Wildman–Crippen LogP) is 4.69. The van der Waals surface area contributed by atoms with Crippen LogP contribution < -0.4 is 15.0 Å². The predicted molar refractivity (Wildman–Crippen MR) is 119 cm³/mol. The first-order valence-corrected chi connectivity index (χ1v) is 10.8. The number of carbonyl (C=O) groups excluding carboxylic acids is 2. The zero-order chi connectivity index (χ0) is 21.3. The number of hydrogen-bond donors (Lipinski definition) is 1. The van der Waals surface area contributed by atoms with Crippen LogP contribution in [0, 0.1) is 5.92 Å². The molecule has 2 aromatic carbocycles. The van der Waals surface area contributed by atoms with E-state index in [4.69, 9.17) is 4.74 Å². The topological polar surface area (TPSA) is 58.6 Å². The minimum absolute atomic E-state index is 0.00972. The van der Waals surface area contributed by atoms with E-state index in [1.807, 2.05) is 47.4 Å². The number of benzene rings is 2. The fraction of sp³-hybridized carbons (Fsp3) is 0.440. The highest BCUT2D eigenvalue weighted by Crippen LogP contribution is 2.52. The van der Waals surface area contributed by atoms with Gasteiger partial charge in [-0.2, -0.15) is 0 Å². The highest BCUT2D eigenvalue weighted by Gasteiger charge is 2.52. The van der Waals surface area contributed by atoms with Crippen molar-refractivity contribution in [2.75, 3.05) is 23.9 Å². The van der Waals surface area contributed by atoms with Crippen LogP contribution in [0.4, 0.5) is 11.4 Å².